The normalized spacial score (nSPS) is 23.4. The molecular formula is C11H13Cl2N2OS+. The number of quaternary nitrogens is 1. The van der Waals surface area contributed by atoms with Gasteiger partial charge < -0.3 is 5.11 Å². The van der Waals surface area contributed by atoms with Crippen LogP contribution in [0.2, 0.25) is 10.0 Å². The monoisotopic (exact) mass is 291 g/mol. The van der Waals surface area contributed by atoms with Crippen LogP contribution in [0.1, 0.15) is 5.56 Å². The molecule has 2 N–H and O–H groups in total. The highest BCUT2D eigenvalue weighted by atomic mass is 35.5. The third kappa shape index (κ3) is 2.41. The second-order valence-electron chi connectivity index (χ2n) is 3.88. The predicted molar refractivity (Wildman–Crippen MR) is 73.3 cm³/mol. The van der Waals surface area contributed by atoms with Crippen molar-refractivity contribution >= 4 is 41.0 Å². The minimum absolute atomic E-state index is 0.102. The first-order chi connectivity index (χ1) is 8.08. The van der Waals surface area contributed by atoms with Crippen molar-refractivity contribution in [2.75, 3.05) is 20.2 Å². The van der Waals surface area contributed by atoms with Crippen molar-refractivity contribution in [1.82, 2.24) is 4.72 Å². The summed E-state index contributed by atoms with van der Waals surface area (Å²) < 4.78 is 3.60. The Balaban J connectivity index is 2.46. The number of benzene rings is 1. The lowest BCUT2D eigenvalue weighted by Crippen LogP contribution is -2.35. The molecule has 0 bridgehead atoms. The highest BCUT2D eigenvalue weighted by Gasteiger charge is 2.37. The van der Waals surface area contributed by atoms with E-state index >= 15 is 0 Å². The Morgan fingerprint density at radius 3 is 2.59 bits per heavy atom. The predicted octanol–water partition coefficient (Wildman–Crippen LogP) is 2.90. The zero-order valence-electron chi connectivity index (χ0n) is 9.28. The molecule has 1 aliphatic rings. The fourth-order valence-electron chi connectivity index (χ4n) is 1.79. The SMILES string of the molecule is C[N+]1(CCO)SNC=C1c1c(Cl)cccc1Cl. The number of aliphatic hydroxyl groups is 1. The number of nitrogens with one attached hydrogen (secondary N) is 1. The molecular weight excluding hydrogens is 279 g/mol. The van der Waals surface area contributed by atoms with Gasteiger partial charge in [0.05, 0.1) is 35.5 Å². The Hall–Kier alpha value is -0.390. The summed E-state index contributed by atoms with van der Waals surface area (Å²) in [6, 6.07) is 5.45. The van der Waals surface area contributed by atoms with Gasteiger partial charge in [-0.3, -0.25) is 4.72 Å². The summed E-state index contributed by atoms with van der Waals surface area (Å²) in [7, 11) is 2.01. The zero-order valence-corrected chi connectivity index (χ0v) is 11.6. The molecule has 17 heavy (non-hydrogen) atoms. The second-order valence-corrected chi connectivity index (χ2v) is 5.92. The molecule has 92 valence electrons. The minimum Gasteiger partial charge on any atom is -0.390 e. The highest BCUT2D eigenvalue weighted by molar-refractivity contribution is 7.92. The van der Waals surface area contributed by atoms with Crippen molar-refractivity contribution in [3.8, 4) is 0 Å². The molecule has 0 amide bonds. The first kappa shape index (κ1) is 13.1. The van der Waals surface area contributed by atoms with Crippen LogP contribution < -0.4 is 4.72 Å². The van der Waals surface area contributed by atoms with E-state index in [0.717, 1.165) is 11.3 Å². The van der Waals surface area contributed by atoms with E-state index in [1.165, 1.54) is 12.1 Å². The highest BCUT2D eigenvalue weighted by Crippen LogP contribution is 2.42. The lowest BCUT2D eigenvalue weighted by Gasteiger charge is -2.27. The second kappa shape index (κ2) is 5.08. The Labute approximate surface area is 115 Å². The van der Waals surface area contributed by atoms with Crippen molar-refractivity contribution in [2.45, 2.75) is 0 Å². The molecule has 1 aromatic rings. The van der Waals surface area contributed by atoms with Gasteiger partial charge in [-0.2, -0.15) is 0 Å². The summed E-state index contributed by atoms with van der Waals surface area (Å²) in [6.45, 7) is 0.690. The molecule has 2 rings (SSSR count). The summed E-state index contributed by atoms with van der Waals surface area (Å²) in [5.74, 6) is 0. The van der Waals surface area contributed by atoms with Crippen LogP contribution in [0.5, 0.6) is 0 Å². The van der Waals surface area contributed by atoms with E-state index in [-0.39, 0.29) is 6.61 Å². The minimum atomic E-state index is 0.102. The smallest absolute Gasteiger partial charge is 0.203 e. The van der Waals surface area contributed by atoms with Gasteiger partial charge >= 0.3 is 0 Å². The van der Waals surface area contributed by atoms with Crippen molar-refractivity contribution < 1.29 is 8.99 Å². The van der Waals surface area contributed by atoms with Crippen LogP contribution in [-0.4, -0.2) is 29.2 Å². The molecule has 1 heterocycles. The average Bonchev–Trinajstić information content (AvgIpc) is 2.61. The quantitative estimate of drug-likeness (QED) is 0.663. The first-order valence-electron chi connectivity index (χ1n) is 5.14. The first-order valence-corrected chi connectivity index (χ1v) is 6.67. The maximum Gasteiger partial charge on any atom is 0.203 e. The number of hydrogen-bond acceptors (Lipinski definition) is 3. The van der Waals surface area contributed by atoms with Gasteiger partial charge in [0.15, 0.2) is 5.70 Å². The number of hydrogen-bond donors (Lipinski definition) is 2. The molecule has 0 aromatic heterocycles. The van der Waals surface area contributed by atoms with Crippen LogP contribution in [0.4, 0.5) is 0 Å². The largest absolute Gasteiger partial charge is 0.390 e. The van der Waals surface area contributed by atoms with Crippen molar-refractivity contribution in [1.29, 1.82) is 0 Å². The van der Waals surface area contributed by atoms with Crippen LogP contribution in [0, 0.1) is 0 Å². The van der Waals surface area contributed by atoms with Crippen LogP contribution in [0.3, 0.4) is 0 Å². The summed E-state index contributed by atoms with van der Waals surface area (Å²) in [5, 5.41) is 10.4. The topological polar surface area (TPSA) is 32.3 Å². The van der Waals surface area contributed by atoms with Gasteiger partial charge in [-0.05, 0) is 12.1 Å². The van der Waals surface area contributed by atoms with Crippen molar-refractivity contribution in [3.05, 3.63) is 40.0 Å². The van der Waals surface area contributed by atoms with E-state index in [2.05, 4.69) is 4.72 Å². The van der Waals surface area contributed by atoms with E-state index in [0.29, 0.717) is 20.5 Å². The molecule has 1 aromatic carbocycles. The number of nitrogens with zero attached hydrogens (tertiary/aromatic N) is 1. The van der Waals surface area contributed by atoms with E-state index in [1.54, 1.807) is 0 Å². The van der Waals surface area contributed by atoms with Gasteiger partial charge in [0.1, 0.15) is 6.54 Å². The molecule has 0 saturated carbocycles. The van der Waals surface area contributed by atoms with Gasteiger partial charge in [0.2, 0.25) is 12.1 Å². The molecule has 1 unspecified atom stereocenters. The Kier molecular flexibility index (Phi) is 3.90. The van der Waals surface area contributed by atoms with Gasteiger partial charge in [0, 0.05) is 0 Å². The maximum atomic E-state index is 9.15. The Morgan fingerprint density at radius 2 is 2.00 bits per heavy atom. The molecule has 1 atom stereocenters. The third-order valence-electron chi connectivity index (χ3n) is 2.71. The number of aliphatic hydroxyl groups excluding tert-OH is 1. The van der Waals surface area contributed by atoms with Crippen LogP contribution in [-0.2, 0) is 0 Å². The molecule has 6 heteroatoms. The van der Waals surface area contributed by atoms with Gasteiger partial charge in [0.25, 0.3) is 0 Å². The fraction of sp³-hybridized carbons (Fsp3) is 0.273. The molecule has 1 aliphatic heterocycles. The Morgan fingerprint density at radius 1 is 1.35 bits per heavy atom. The average molecular weight is 292 g/mol. The number of halogens is 2. The fourth-order valence-corrected chi connectivity index (χ4v) is 3.20. The van der Waals surface area contributed by atoms with Crippen molar-refractivity contribution in [3.63, 3.8) is 0 Å². The third-order valence-corrected chi connectivity index (χ3v) is 4.34. The summed E-state index contributed by atoms with van der Waals surface area (Å²) in [5.41, 5.74) is 1.80. The summed E-state index contributed by atoms with van der Waals surface area (Å²) in [6.07, 6.45) is 1.88. The maximum absolute atomic E-state index is 9.15. The van der Waals surface area contributed by atoms with Gasteiger partial charge in [-0.15, -0.1) is 0 Å². The zero-order chi connectivity index (χ0) is 12.5. The van der Waals surface area contributed by atoms with Crippen LogP contribution >= 0.6 is 35.3 Å². The van der Waals surface area contributed by atoms with Gasteiger partial charge in [-0.25, -0.2) is 3.89 Å². The summed E-state index contributed by atoms with van der Waals surface area (Å²) >= 11 is 13.9. The lowest BCUT2D eigenvalue weighted by molar-refractivity contribution is -0.693. The Bertz CT molecular complexity index is 447. The molecule has 0 saturated heterocycles. The van der Waals surface area contributed by atoms with E-state index in [4.69, 9.17) is 28.3 Å². The molecule has 0 spiro atoms. The van der Waals surface area contributed by atoms with Crippen LogP contribution in [0.15, 0.2) is 24.4 Å². The molecule has 0 aliphatic carbocycles. The van der Waals surface area contributed by atoms with Crippen LogP contribution in [0.25, 0.3) is 5.70 Å². The number of rotatable bonds is 3. The van der Waals surface area contributed by atoms with E-state index in [1.807, 2.05) is 31.4 Å². The van der Waals surface area contributed by atoms with Crippen molar-refractivity contribution in [2.24, 2.45) is 0 Å². The van der Waals surface area contributed by atoms with E-state index in [9.17, 15) is 0 Å². The molecule has 0 radical (unpaired) electrons. The molecule has 0 fully saturated rings. The lowest BCUT2D eigenvalue weighted by atomic mass is 10.1. The number of likely N-dealkylation sites (N-methyl/N-ethyl adjacent to an activating group) is 1. The van der Waals surface area contributed by atoms with Gasteiger partial charge in [-0.1, -0.05) is 29.3 Å². The standard InChI is InChI=1S/C11H13Cl2N2OS/c1-15(5-6-16)10(7-14-17-15)11-8(12)3-2-4-9(11)13/h2-4,7,14,16H,5-6H2,1H3/q+1. The molecule has 3 nitrogen and oxygen atoms in total. The van der Waals surface area contributed by atoms with E-state index < -0.39 is 0 Å². The summed E-state index contributed by atoms with van der Waals surface area (Å²) in [4.78, 5) is 0.